The van der Waals surface area contributed by atoms with Gasteiger partial charge in [0.15, 0.2) is 5.69 Å². The van der Waals surface area contributed by atoms with E-state index < -0.39 is 0 Å². The first-order valence-corrected chi connectivity index (χ1v) is 7.24. The quantitative estimate of drug-likeness (QED) is 0.906. The number of halogens is 2. The number of hydrogen-bond acceptors (Lipinski definition) is 3. The van der Waals surface area contributed by atoms with Gasteiger partial charge >= 0.3 is 0 Å². The predicted octanol–water partition coefficient (Wildman–Crippen LogP) is 4.47. The minimum atomic E-state index is -0.380. The van der Waals surface area contributed by atoms with Gasteiger partial charge in [-0.15, -0.1) is 0 Å². The van der Waals surface area contributed by atoms with Gasteiger partial charge in [0.25, 0.3) is 5.91 Å². The monoisotopic (exact) mass is 323 g/mol. The molecule has 0 spiro atoms. The van der Waals surface area contributed by atoms with E-state index in [1.807, 2.05) is 20.8 Å². The van der Waals surface area contributed by atoms with Crippen molar-refractivity contribution in [3.05, 3.63) is 51.5 Å². The summed E-state index contributed by atoms with van der Waals surface area (Å²) in [6, 6.07) is 5.31. The van der Waals surface area contributed by atoms with Crippen LogP contribution in [0, 0.1) is 6.92 Å². The topological polar surface area (TPSA) is 54.9 Å². The standard InChI is InChI=1S/C15H15Cl2N3O/c1-8(2)14-18-7-11(17)13(20-14)15(21)19-12-6-4-5-10(16)9(12)3/h4-8H,1-3H3,(H,19,21). The molecular formula is C15H15Cl2N3O. The van der Waals surface area contributed by atoms with Crippen molar-refractivity contribution in [1.82, 2.24) is 9.97 Å². The van der Waals surface area contributed by atoms with E-state index in [-0.39, 0.29) is 22.5 Å². The summed E-state index contributed by atoms with van der Waals surface area (Å²) in [5.74, 6) is 0.309. The van der Waals surface area contributed by atoms with E-state index >= 15 is 0 Å². The van der Waals surface area contributed by atoms with Crippen molar-refractivity contribution in [2.45, 2.75) is 26.7 Å². The summed E-state index contributed by atoms with van der Waals surface area (Å²) in [6.45, 7) is 5.73. The summed E-state index contributed by atoms with van der Waals surface area (Å²) < 4.78 is 0. The Kier molecular flexibility index (Phi) is 4.80. The molecule has 1 aromatic heterocycles. The lowest BCUT2D eigenvalue weighted by molar-refractivity contribution is 0.102. The largest absolute Gasteiger partial charge is 0.320 e. The number of nitrogens with one attached hydrogen (secondary N) is 1. The smallest absolute Gasteiger partial charge is 0.275 e. The van der Waals surface area contributed by atoms with Gasteiger partial charge in [-0.1, -0.05) is 43.1 Å². The molecule has 1 amide bonds. The van der Waals surface area contributed by atoms with Crippen LogP contribution in [0.4, 0.5) is 5.69 Å². The van der Waals surface area contributed by atoms with Crippen LogP contribution in [0.3, 0.4) is 0 Å². The molecule has 6 heteroatoms. The molecule has 1 heterocycles. The Labute approximate surface area is 133 Å². The van der Waals surface area contributed by atoms with Gasteiger partial charge in [0.05, 0.1) is 11.2 Å². The molecule has 21 heavy (non-hydrogen) atoms. The first-order chi connectivity index (χ1) is 9.90. The maximum Gasteiger partial charge on any atom is 0.275 e. The number of benzene rings is 1. The molecule has 2 aromatic rings. The minimum absolute atomic E-state index is 0.113. The van der Waals surface area contributed by atoms with Crippen molar-refractivity contribution in [2.24, 2.45) is 0 Å². The lowest BCUT2D eigenvalue weighted by Gasteiger charge is -2.11. The van der Waals surface area contributed by atoms with E-state index in [1.54, 1.807) is 18.2 Å². The van der Waals surface area contributed by atoms with Gasteiger partial charge in [-0.05, 0) is 24.6 Å². The van der Waals surface area contributed by atoms with Gasteiger partial charge in [0.1, 0.15) is 5.82 Å². The molecular weight excluding hydrogens is 309 g/mol. The highest BCUT2D eigenvalue weighted by atomic mass is 35.5. The maximum atomic E-state index is 12.3. The molecule has 4 nitrogen and oxygen atoms in total. The average Bonchev–Trinajstić information content (AvgIpc) is 2.44. The van der Waals surface area contributed by atoms with Gasteiger partial charge in [-0.25, -0.2) is 9.97 Å². The number of carbonyl (C=O) groups excluding carboxylic acids is 1. The molecule has 0 radical (unpaired) electrons. The Bertz CT molecular complexity index is 687. The van der Waals surface area contributed by atoms with Gasteiger partial charge < -0.3 is 5.32 Å². The van der Waals surface area contributed by atoms with Crippen molar-refractivity contribution in [3.63, 3.8) is 0 Å². The Balaban J connectivity index is 2.32. The molecule has 110 valence electrons. The van der Waals surface area contributed by atoms with Gasteiger partial charge in [0.2, 0.25) is 0 Å². The Morgan fingerprint density at radius 1 is 1.24 bits per heavy atom. The van der Waals surface area contributed by atoms with Crippen LogP contribution in [0.5, 0.6) is 0 Å². The lowest BCUT2D eigenvalue weighted by Crippen LogP contribution is -2.17. The number of anilines is 1. The average molecular weight is 324 g/mol. The molecule has 0 aliphatic rings. The number of rotatable bonds is 3. The summed E-state index contributed by atoms with van der Waals surface area (Å²) in [7, 11) is 0. The number of carbonyl (C=O) groups is 1. The van der Waals surface area contributed by atoms with E-state index in [9.17, 15) is 4.79 Å². The highest BCUT2D eigenvalue weighted by molar-refractivity contribution is 6.34. The van der Waals surface area contributed by atoms with Crippen LogP contribution >= 0.6 is 23.2 Å². The zero-order chi connectivity index (χ0) is 15.6. The third kappa shape index (κ3) is 3.52. The molecule has 0 unspecified atom stereocenters. The molecule has 0 saturated carbocycles. The number of amides is 1. The van der Waals surface area contributed by atoms with E-state index in [0.717, 1.165) is 5.56 Å². The molecule has 1 N–H and O–H groups in total. The normalized spacial score (nSPS) is 10.8. The summed E-state index contributed by atoms with van der Waals surface area (Å²) in [4.78, 5) is 20.7. The zero-order valence-electron chi connectivity index (χ0n) is 11.9. The SMILES string of the molecule is Cc1c(Cl)cccc1NC(=O)c1nc(C(C)C)ncc1Cl. The van der Waals surface area contributed by atoms with Crippen LogP contribution in [-0.2, 0) is 0 Å². The van der Waals surface area contributed by atoms with Crippen LogP contribution < -0.4 is 5.32 Å². The molecule has 0 saturated heterocycles. The Hall–Kier alpha value is -1.65. The maximum absolute atomic E-state index is 12.3. The zero-order valence-corrected chi connectivity index (χ0v) is 13.5. The second kappa shape index (κ2) is 6.41. The number of hydrogen-bond donors (Lipinski definition) is 1. The van der Waals surface area contributed by atoms with E-state index in [0.29, 0.717) is 16.5 Å². The lowest BCUT2D eigenvalue weighted by atomic mass is 10.2. The van der Waals surface area contributed by atoms with E-state index in [1.165, 1.54) is 6.20 Å². The van der Waals surface area contributed by atoms with Crippen molar-refractivity contribution >= 4 is 34.8 Å². The molecule has 1 aromatic carbocycles. The van der Waals surface area contributed by atoms with Gasteiger partial charge in [-0.3, -0.25) is 4.79 Å². The van der Waals surface area contributed by atoms with Crippen LogP contribution in [0.2, 0.25) is 10.0 Å². The molecule has 2 rings (SSSR count). The molecule has 0 fully saturated rings. The van der Waals surface area contributed by atoms with Crippen molar-refractivity contribution in [1.29, 1.82) is 0 Å². The minimum Gasteiger partial charge on any atom is -0.320 e. The molecule has 0 atom stereocenters. The summed E-state index contributed by atoms with van der Waals surface area (Å²) in [5, 5.41) is 3.58. The fourth-order valence-corrected chi connectivity index (χ4v) is 2.09. The molecule has 0 aliphatic carbocycles. The third-order valence-corrected chi connectivity index (χ3v) is 3.70. The highest BCUT2D eigenvalue weighted by Crippen LogP contribution is 2.24. The Morgan fingerprint density at radius 3 is 2.62 bits per heavy atom. The fourth-order valence-electron chi connectivity index (χ4n) is 1.74. The number of nitrogens with zero attached hydrogens (tertiary/aromatic N) is 2. The summed E-state index contributed by atoms with van der Waals surface area (Å²) in [6.07, 6.45) is 1.45. The first-order valence-electron chi connectivity index (χ1n) is 6.49. The van der Waals surface area contributed by atoms with Crippen LogP contribution in [-0.4, -0.2) is 15.9 Å². The highest BCUT2D eigenvalue weighted by Gasteiger charge is 2.16. The molecule has 0 bridgehead atoms. The number of aromatic nitrogens is 2. The first kappa shape index (κ1) is 15.7. The third-order valence-electron chi connectivity index (χ3n) is 3.01. The summed E-state index contributed by atoms with van der Waals surface area (Å²) >= 11 is 12.1. The van der Waals surface area contributed by atoms with Crippen LogP contribution in [0.15, 0.2) is 24.4 Å². The summed E-state index contributed by atoms with van der Waals surface area (Å²) in [5.41, 5.74) is 1.59. The molecule has 0 aliphatic heterocycles. The second-order valence-corrected chi connectivity index (χ2v) is 5.76. The van der Waals surface area contributed by atoms with Gasteiger partial charge in [-0.2, -0.15) is 0 Å². The van der Waals surface area contributed by atoms with Crippen LogP contribution in [0.25, 0.3) is 0 Å². The van der Waals surface area contributed by atoms with E-state index in [4.69, 9.17) is 23.2 Å². The van der Waals surface area contributed by atoms with Crippen LogP contribution in [0.1, 0.15) is 41.6 Å². The van der Waals surface area contributed by atoms with Crippen molar-refractivity contribution < 1.29 is 4.79 Å². The van der Waals surface area contributed by atoms with Crippen molar-refractivity contribution in [3.8, 4) is 0 Å². The Morgan fingerprint density at radius 2 is 1.95 bits per heavy atom. The fraction of sp³-hybridized carbons (Fsp3) is 0.267. The predicted molar refractivity (Wildman–Crippen MR) is 85.3 cm³/mol. The van der Waals surface area contributed by atoms with E-state index in [2.05, 4.69) is 15.3 Å². The van der Waals surface area contributed by atoms with Gasteiger partial charge in [0, 0.05) is 16.6 Å². The second-order valence-electron chi connectivity index (χ2n) is 4.95. The van der Waals surface area contributed by atoms with Crippen molar-refractivity contribution in [2.75, 3.05) is 5.32 Å².